The van der Waals surface area contributed by atoms with E-state index in [1.165, 1.54) is 60.1 Å². The molecule has 184 valence electrons. The molecule has 2 aliphatic rings. The van der Waals surface area contributed by atoms with E-state index in [2.05, 4.69) is 133 Å². The van der Waals surface area contributed by atoms with Gasteiger partial charge in [-0.1, -0.05) is 133 Å². The lowest BCUT2D eigenvalue weighted by atomic mass is 9.64. The molecule has 5 aromatic rings. The lowest BCUT2D eigenvalue weighted by molar-refractivity contribution is 0.326. The van der Waals surface area contributed by atoms with Crippen molar-refractivity contribution >= 4 is 37.9 Å². The normalized spacial score (nSPS) is 20.6. The van der Waals surface area contributed by atoms with E-state index in [4.69, 9.17) is 0 Å². The highest BCUT2D eigenvalue weighted by Crippen LogP contribution is 2.60. The van der Waals surface area contributed by atoms with Crippen LogP contribution < -0.4 is 0 Å². The molecule has 0 spiro atoms. The molecule has 0 N–H and O–H groups in total. The number of hydrogen-bond donors (Lipinski definition) is 0. The highest BCUT2D eigenvalue weighted by atomic mass is 14.5. The highest BCUT2D eigenvalue weighted by molar-refractivity contribution is 6.23. The van der Waals surface area contributed by atoms with Gasteiger partial charge in [0.25, 0.3) is 0 Å². The predicted octanol–water partition coefficient (Wildman–Crippen LogP) is 10.2. The van der Waals surface area contributed by atoms with Crippen LogP contribution in [-0.2, 0) is 10.8 Å². The Morgan fingerprint density at radius 1 is 0.730 bits per heavy atom. The summed E-state index contributed by atoms with van der Waals surface area (Å²) in [5.74, 6) is 0.568. The summed E-state index contributed by atoms with van der Waals surface area (Å²) >= 11 is 0. The fraction of sp³-hybridized carbons (Fsp3) is 0.297. The molecule has 37 heavy (non-hydrogen) atoms. The van der Waals surface area contributed by atoms with Crippen molar-refractivity contribution in [3.05, 3.63) is 113 Å². The SMILES string of the molecule is CC(C)C1(C)C=CC2=C1C(C)(C)c1cc(C(C)(C)c3ccc4ccc5cccc6ccc3c4c56)ccc12. The van der Waals surface area contributed by atoms with Crippen molar-refractivity contribution in [2.24, 2.45) is 11.3 Å². The fourth-order valence-electron chi connectivity index (χ4n) is 7.68. The van der Waals surface area contributed by atoms with Crippen LogP contribution in [0.2, 0.25) is 0 Å². The third-order valence-corrected chi connectivity index (χ3v) is 10.1. The Bertz CT molecular complexity index is 1790. The third kappa shape index (κ3) is 2.79. The van der Waals surface area contributed by atoms with E-state index in [1.807, 2.05) is 0 Å². The van der Waals surface area contributed by atoms with E-state index in [9.17, 15) is 0 Å². The number of benzene rings is 5. The molecule has 0 bridgehead atoms. The maximum atomic E-state index is 2.53. The topological polar surface area (TPSA) is 0 Å². The lowest BCUT2D eigenvalue weighted by Gasteiger charge is -2.39. The molecule has 7 rings (SSSR count). The average Bonchev–Trinajstić information content (AvgIpc) is 3.36. The summed E-state index contributed by atoms with van der Waals surface area (Å²) in [7, 11) is 0. The van der Waals surface area contributed by atoms with Gasteiger partial charge in [0, 0.05) is 16.2 Å². The lowest BCUT2D eigenvalue weighted by Crippen LogP contribution is -2.32. The van der Waals surface area contributed by atoms with Gasteiger partial charge in [0.15, 0.2) is 0 Å². The molecule has 0 amide bonds. The van der Waals surface area contributed by atoms with Crippen molar-refractivity contribution in [2.45, 2.75) is 59.3 Å². The predicted molar refractivity (Wildman–Crippen MR) is 161 cm³/mol. The van der Waals surface area contributed by atoms with Crippen molar-refractivity contribution in [3.8, 4) is 0 Å². The first-order chi connectivity index (χ1) is 17.5. The summed E-state index contributed by atoms with van der Waals surface area (Å²) in [5.41, 5.74) is 8.77. The van der Waals surface area contributed by atoms with Gasteiger partial charge in [-0.25, -0.2) is 0 Å². The van der Waals surface area contributed by atoms with Crippen LogP contribution in [0.25, 0.3) is 37.9 Å². The highest BCUT2D eigenvalue weighted by Gasteiger charge is 2.49. The molecule has 0 aromatic heterocycles. The van der Waals surface area contributed by atoms with Crippen LogP contribution in [-0.4, -0.2) is 0 Å². The molecule has 5 aromatic carbocycles. The first-order valence-electron chi connectivity index (χ1n) is 13.8. The largest absolute Gasteiger partial charge is 0.0736 e. The summed E-state index contributed by atoms with van der Waals surface area (Å²) in [4.78, 5) is 0. The Morgan fingerprint density at radius 3 is 2.08 bits per heavy atom. The van der Waals surface area contributed by atoms with E-state index < -0.39 is 0 Å². The van der Waals surface area contributed by atoms with Gasteiger partial charge in [-0.3, -0.25) is 0 Å². The quantitative estimate of drug-likeness (QED) is 0.225. The van der Waals surface area contributed by atoms with Crippen molar-refractivity contribution in [1.29, 1.82) is 0 Å². The molecule has 0 nitrogen and oxygen atoms in total. The van der Waals surface area contributed by atoms with Gasteiger partial charge < -0.3 is 0 Å². The first kappa shape index (κ1) is 22.8. The molecule has 1 unspecified atom stereocenters. The number of allylic oxidation sites excluding steroid dienone is 4. The molecule has 0 heterocycles. The minimum absolute atomic E-state index is 0.0158. The zero-order valence-corrected chi connectivity index (χ0v) is 23.2. The fourth-order valence-corrected chi connectivity index (χ4v) is 7.68. The molecule has 0 fully saturated rings. The Labute approximate surface area is 221 Å². The summed E-state index contributed by atoms with van der Waals surface area (Å²) in [6.45, 7) is 16.8. The summed E-state index contributed by atoms with van der Waals surface area (Å²) < 4.78 is 0. The number of fused-ring (bicyclic) bond motifs is 2. The molecule has 1 atom stereocenters. The Kier molecular flexibility index (Phi) is 4.39. The second-order valence-corrected chi connectivity index (χ2v) is 13.0. The summed E-state index contributed by atoms with van der Waals surface area (Å²) in [6, 6.07) is 27.9. The molecular weight excluding hydrogens is 444 g/mol. The van der Waals surface area contributed by atoms with Crippen LogP contribution in [0.1, 0.15) is 70.7 Å². The van der Waals surface area contributed by atoms with Gasteiger partial charge in [-0.15, -0.1) is 0 Å². The summed E-state index contributed by atoms with van der Waals surface area (Å²) in [5, 5.41) is 8.15. The molecule has 0 radical (unpaired) electrons. The van der Waals surface area contributed by atoms with E-state index in [-0.39, 0.29) is 16.2 Å². The van der Waals surface area contributed by atoms with Crippen LogP contribution in [0.5, 0.6) is 0 Å². The maximum Gasteiger partial charge on any atom is 0.0152 e. The van der Waals surface area contributed by atoms with Crippen molar-refractivity contribution in [1.82, 2.24) is 0 Å². The molecule has 0 saturated carbocycles. The van der Waals surface area contributed by atoms with Crippen LogP contribution in [0.3, 0.4) is 0 Å². The summed E-state index contributed by atoms with van der Waals surface area (Å²) in [6.07, 6.45) is 4.85. The second kappa shape index (κ2) is 7.13. The zero-order valence-electron chi connectivity index (χ0n) is 23.2. The Balaban J connectivity index is 1.41. The number of hydrogen-bond acceptors (Lipinski definition) is 0. The van der Waals surface area contributed by atoms with Crippen LogP contribution in [0, 0.1) is 11.3 Å². The van der Waals surface area contributed by atoms with Crippen molar-refractivity contribution in [3.63, 3.8) is 0 Å². The van der Waals surface area contributed by atoms with Crippen molar-refractivity contribution < 1.29 is 0 Å². The van der Waals surface area contributed by atoms with Crippen LogP contribution in [0.15, 0.2) is 90.5 Å². The van der Waals surface area contributed by atoms with Gasteiger partial charge in [0.05, 0.1) is 0 Å². The van der Waals surface area contributed by atoms with Gasteiger partial charge in [-0.2, -0.15) is 0 Å². The van der Waals surface area contributed by atoms with Gasteiger partial charge in [-0.05, 0) is 71.6 Å². The smallest absolute Gasteiger partial charge is 0.0152 e. The van der Waals surface area contributed by atoms with E-state index in [1.54, 1.807) is 5.57 Å². The van der Waals surface area contributed by atoms with E-state index in [0.717, 1.165) is 0 Å². The Morgan fingerprint density at radius 2 is 1.38 bits per heavy atom. The van der Waals surface area contributed by atoms with E-state index in [0.29, 0.717) is 5.92 Å². The first-order valence-corrected chi connectivity index (χ1v) is 13.8. The average molecular weight is 481 g/mol. The van der Waals surface area contributed by atoms with Gasteiger partial charge in [0.2, 0.25) is 0 Å². The Hall–Kier alpha value is -3.38. The van der Waals surface area contributed by atoms with E-state index >= 15 is 0 Å². The van der Waals surface area contributed by atoms with Crippen LogP contribution in [0.4, 0.5) is 0 Å². The standard InChI is InChI=1S/C37H36/c1-22(2)37(7)20-19-28-27-17-15-26(21-31(27)36(5,6)34(28)37)35(3,4)30-18-14-25-12-11-23-9-8-10-24-13-16-29(30)33(25)32(23)24/h8-22H,1-7H3. The molecule has 0 aliphatic heterocycles. The maximum absolute atomic E-state index is 2.53. The van der Waals surface area contributed by atoms with Crippen molar-refractivity contribution in [2.75, 3.05) is 0 Å². The van der Waals surface area contributed by atoms with Crippen LogP contribution >= 0.6 is 0 Å². The second-order valence-electron chi connectivity index (χ2n) is 13.0. The minimum Gasteiger partial charge on any atom is -0.0736 e. The van der Waals surface area contributed by atoms with Gasteiger partial charge >= 0.3 is 0 Å². The molecule has 0 heteroatoms. The zero-order chi connectivity index (χ0) is 25.9. The monoisotopic (exact) mass is 480 g/mol. The molecule has 2 aliphatic carbocycles. The van der Waals surface area contributed by atoms with Gasteiger partial charge in [0.1, 0.15) is 0 Å². The third-order valence-electron chi connectivity index (χ3n) is 10.1. The molecule has 0 saturated heterocycles. The number of rotatable bonds is 3. The molecular formula is C37H36. The minimum atomic E-state index is -0.127.